The second-order valence-electron chi connectivity index (χ2n) is 10.4. The minimum Gasteiger partial charge on any atom is -0.354 e. The van der Waals surface area contributed by atoms with E-state index in [1.54, 1.807) is 24.1 Å². The van der Waals surface area contributed by atoms with Crippen LogP contribution in [0.2, 0.25) is 5.02 Å². The van der Waals surface area contributed by atoms with Gasteiger partial charge in [-0.15, -0.1) is 0 Å². The molecule has 0 radical (unpaired) electrons. The van der Waals surface area contributed by atoms with Gasteiger partial charge in [0.05, 0.1) is 23.5 Å². The summed E-state index contributed by atoms with van der Waals surface area (Å²) in [4.78, 5) is 43.0. The lowest BCUT2D eigenvalue weighted by Crippen LogP contribution is -2.49. The number of anilines is 3. The van der Waals surface area contributed by atoms with Gasteiger partial charge in [-0.1, -0.05) is 36.7 Å². The third kappa shape index (κ3) is 5.67. The Kier molecular flexibility index (Phi) is 7.68. The normalized spacial score (nSPS) is 17.9. The van der Waals surface area contributed by atoms with Crippen molar-refractivity contribution < 1.29 is 19.4 Å². The van der Waals surface area contributed by atoms with Crippen LogP contribution in [0.3, 0.4) is 0 Å². The van der Waals surface area contributed by atoms with Gasteiger partial charge in [0.15, 0.2) is 5.75 Å². The minimum absolute atomic E-state index is 0.0525. The lowest BCUT2D eigenvalue weighted by Gasteiger charge is -2.34. The number of benzene rings is 3. The fraction of sp³-hybridized carbons (Fsp3) is 0.290. The lowest BCUT2D eigenvalue weighted by atomic mass is 9.99. The quantitative estimate of drug-likeness (QED) is 0.313. The molecule has 0 unspecified atom stereocenters. The van der Waals surface area contributed by atoms with E-state index in [1.807, 2.05) is 48.5 Å². The van der Waals surface area contributed by atoms with Crippen LogP contribution < -0.4 is 20.4 Å². The Morgan fingerprint density at radius 3 is 2.54 bits per heavy atom. The van der Waals surface area contributed by atoms with Crippen LogP contribution in [0.4, 0.5) is 17.1 Å². The molecule has 3 aromatic rings. The zero-order valence-electron chi connectivity index (χ0n) is 23.1. The minimum atomic E-state index is -0.232. The number of hydrogen-bond donors (Lipinski definition) is 2. The first-order valence-corrected chi connectivity index (χ1v) is 14.1. The summed E-state index contributed by atoms with van der Waals surface area (Å²) in [7, 11) is 1.80. The molecule has 41 heavy (non-hydrogen) atoms. The van der Waals surface area contributed by atoms with E-state index in [-0.39, 0.29) is 11.8 Å². The first kappa shape index (κ1) is 27.3. The van der Waals surface area contributed by atoms with Gasteiger partial charge in [0, 0.05) is 66.3 Å². The van der Waals surface area contributed by atoms with Gasteiger partial charge in [0.2, 0.25) is 5.91 Å². The highest BCUT2D eigenvalue weighted by atomic mass is 35.5. The predicted molar refractivity (Wildman–Crippen MR) is 161 cm³/mol. The lowest BCUT2D eigenvalue weighted by molar-refractivity contribution is -0.194. The van der Waals surface area contributed by atoms with E-state index in [2.05, 4.69) is 27.4 Å². The SMILES string of the molecule is CCN1CCN(CC(=O)N(C)c2ccc(N/C(=C3\C(=O)Nc4cc(Cl)ccc43)c3ccc4c(c3)OOC4)cc2)CC1. The van der Waals surface area contributed by atoms with Gasteiger partial charge in [-0.25, -0.2) is 0 Å². The first-order chi connectivity index (χ1) is 19.9. The summed E-state index contributed by atoms with van der Waals surface area (Å²) in [5, 5.41) is 6.92. The highest BCUT2D eigenvalue weighted by Gasteiger charge is 2.29. The van der Waals surface area contributed by atoms with Crippen LogP contribution in [-0.2, 0) is 21.1 Å². The first-order valence-electron chi connectivity index (χ1n) is 13.8. The van der Waals surface area contributed by atoms with E-state index < -0.39 is 0 Å². The molecule has 2 N–H and O–H groups in total. The number of halogens is 1. The molecule has 1 saturated heterocycles. The summed E-state index contributed by atoms with van der Waals surface area (Å²) < 4.78 is 0. The maximum atomic E-state index is 13.2. The Morgan fingerprint density at radius 1 is 1.02 bits per heavy atom. The fourth-order valence-corrected chi connectivity index (χ4v) is 5.53. The molecule has 3 aliphatic heterocycles. The van der Waals surface area contributed by atoms with Crippen molar-refractivity contribution in [2.75, 3.05) is 61.8 Å². The Bertz CT molecular complexity index is 1520. The molecule has 2 amide bonds. The zero-order valence-corrected chi connectivity index (χ0v) is 23.8. The van der Waals surface area contributed by atoms with Crippen LogP contribution in [0.5, 0.6) is 5.75 Å². The molecular formula is C31H32ClN5O4. The number of likely N-dealkylation sites (N-methyl/N-ethyl adjacent to an activating group) is 2. The molecule has 10 heteroatoms. The average Bonchev–Trinajstić information content (AvgIpc) is 3.59. The largest absolute Gasteiger partial charge is 0.354 e. The monoisotopic (exact) mass is 573 g/mol. The van der Waals surface area contributed by atoms with Crippen molar-refractivity contribution in [3.8, 4) is 5.75 Å². The van der Waals surface area contributed by atoms with E-state index in [1.165, 1.54) is 0 Å². The van der Waals surface area contributed by atoms with E-state index in [0.717, 1.165) is 60.8 Å². The number of fused-ring (bicyclic) bond motifs is 2. The van der Waals surface area contributed by atoms with Crippen molar-refractivity contribution in [1.29, 1.82) is 0 Å². The van der Waals surface area contributed by atoms with Crippen molar-refractivity contribution in [1.82, 2.24) is 9.80 Å². The third-order valence-corrected chi connectivity index (χ3v) is 8.10. The number of amides is 2. The predicted octanol–water partition coefficient (Wildman–Crippen LogP) is 4.70. The zero-order chi connectivity index (χ0) is 28.5. The number of carbonyl (C=O) groups excluding carboxylic acids is 2. The molecule has 3 aliphatic rings. The van der Waals surface area contributed by atoms with Crippen LogP contribution in [0.15, 0.2) is 60.7 Å². The van der Waals surface area contributed by atoms with Crippen LogP contribution in [0.25, 0.3) is 11.3 Å². The summed E-state index contributed by atoms with van der Waals surface area (Å²) in [5.74, 6) is 0.435. The maximum absolute atomic E-state index is 13.2. The van der Waals surface area contributed by atoms with Gasteiger partial charge in [0.1, 0.15) is 6.61 Å². The summed E-state index contributed by atoms with van der Waals surface area (Å²) in [6, 6.07) is 18.7. The molecule has 1 fully saturated rings. The van der Waals surface area contributed by atoms with Crippen molar-refractivity contribution in [2.45, 2.75) is 13.5 Å². The highest BCUT2D eigenvalue weighted by Crippen LogP contribution is 2.40. The second kappa shape index (κ2) is 11.5. The summed E-state index contributed by atoms with van der Waals surface area (Å²) in [5.41, 5.74) is 5.78. The van der Waals surface area contributed by atoms with Gasteiger partial charge in [-0.2, -0.15) is 4.89 Å². The molecule has 3 heterocycles. The van der Waals surface area contributed by atoms with Gasteiger partial charge in [-0.05, 0) is 49.0 Å². The molecule has 212 valence electrons. The van der Waals surface area contributed by atoms with Crippen molar-refractivity contribution >= 4 is 51.7 Å². The molecule has 6 rings (SSSR count). The van der Waals surface area contributed by atoms with E-state index in [4.69, 9.17) is 21.4 Å². The highest BCUT2D eigenvalue weighted by molar-refractivity contribution is 6.38. The summed E-state index contributed by atoms with van der Waals surface area (Å²) >= 11 is 6.19. The van der Waals surface area contributed by atoms with Crippen molar-refractivity contribution in [3.05, 3.63) is 82.4 Å². The smallest absolute Gasteiger partial charge is 0.258 e. The Labute approximate surface area is 244 Å². The number of rotatable bonds is 7. The summed E-state index contributed by atoms with van der Waals surface area (Å²) in [6.07, 6.45) is 0. The number of hydrogen-bond acceptors (Lipinski definition) is 7. The number of nitrogens with one attached hydrogen (secondary N) is 2. The van der Waals surface area contributed by atoms with Crippen LogP contribution in [0.1, 0.15) is 23.6 Å². The van der Waals surface area contributed by atoms with Crippen molar-refractivity contribution in [2.24, 2.45) is 0 Å². The molecule has 0 saturated carbocycles. The Balaban J connectivity index is 1.25. The Hall–Kier alpha value is -3.89. The van der Waals surface area contributed by atoms with Gasteiger partial charge in [0.25, 0.3) is 5.91 Å². The van der Waals surface area contributed by atoms with E-state index in [0.29, 0.717) is 40.9 Å². The Morgan fingerprint density at radius 2 is 1.78 bits per heavy atom. The summed E-state index contributed by atoms with van der Waals surface area (Å²) in [6.45, 7) is 7.76. The van der Waals surface area contributed by atoms with Crippen LogP contribution >= 0.6 is 11.6 Å². The molecule has 3 aromatic carbocycles. The standard InChI is InChI=1S/C31H32ClN5O4/c1-3-36-12-14-37(15-13-36)18-28(38)35(2)24-9-7-23(8-10-24)33-30(20-4-5-21-19-40-41-27(21)16-20)29-25-11-6-22(32)17-26(25)34-31(29)39/h4-11,16-17,33H,3,12-15,18-19H2,1-2H3,(H,34,39)/b30-29-. The van der Waals surface area contributed by atoms with Gasteiger partial charge in [-0.3, -0.25) is 14.5 Å². The molecular weight excluding hydrogens is 542 g/mol. The van der Waals surface area contributed by atoms with Gasteiger partial charge >= 0.3 is 0 Å². The van der Waals surface area contributed by atoms with Crippen LogP contribution in [-0.4, -0.2) is 67.9 Å². The molecule has 0 bridgehead atoms. The fourth-order valence-electron chi connectivity index (χ4n) is 5.35. The number of nitrogens with zero attached hydrogens (tertiary/aromatic N) is 3. The molecule has 9 nitrogen and oxygen atoms in total. The molecule has 0 spiro atoms. The average molecular weight is 574 g/mol. The maximum Gasteiger partial charge on any atom is 0.258 e. The molecule has 0 aromatic heterocycles. The molecule has 0 aliphatic carbocycles. The van der Waals surface area contributed by atoms with E-state index in [9.17, 15) is 9.59 Å². The van der Waals surface area contributed by atoms with Crippen LogP contribution in [0, 0.1) is 0 Å². The number of piperazine rings is 1. The van der Waals surface area contributed by atoms with Gasteiger partial charge < -0.3 is 25.3 Å². The number of carbonyl (C=O) groups is 2. The van der Waals surface area contributed by atoms with Crippen molar-refractivity contribution in [3.63, 3.8) is 0 Å². The van der Waals surface area contributed by atoms with E-state index >= 15 is 0 Å². The second-order valence-corrected chi connectivity index (χ2v) is 10.8. The third-order valence-electron chi connectivity index (χ3n) is 7.86. The molecule has 0 atom stereocenters. The topological polar surface area (TPSA) is 86.4 Å².